The molecular formula is C13H9FN2O2S3. The Morgan fingerprint density at radius 2 is 1.71 bits per heavy atom. The molecule has 1 atom stereocenters. The third-order valence-electron chi connectivity index (χ3n) is 2.62. The fourth-order valence-electron chi connectivity index (χ4n) is 1.68. The summed E-state index contributed by atoms with van der Waals surface area (Å²) in [6.45, 7) is 0. The summed E-state index contributed by atoms with van der Waals surface area (Å²) in [5.74, 6) is 0. The topological polar surface area (TPSA) is 59.4 Å². The Morgan fingerprint density at radius 3 is 2.43 bits per heavy atom. The molecule has 0 radical (unpaired) electrons. The zero-order valence-electron chi connectivity index (χ0n) is 10.5. The van der Waals surface area contributed by atoms with Crippen molar-refractivity contribution in [3.8, 4) is 0 Å². The van der Waals surface area contributed by atoms with E-state index >= 15 is 0 Å². The maximum Gasteiger partial charge on any atom is 0.290 e. The molecule has 0 N–H and O–H groups in total. The van der Waals surface area contributed by atoms with Crippen LogP contribution in [0.1, 0.15) is 0 Å². The molecule has 0 saturated carbocycles. The van der Waals surface area contributed by atoms with Crippen LogP contribution in [0.5, 0.6) is 0 Å². The largest absolute Gasteiger partial charge is 0.290 e. The van der Waals surface area contributed by atoms with E-state index in [2.05, 4.69) is 8.75 Å². The molecular weight excluding hydrogens is 331 g/mol. The van der Waals surface area contributed by atoms with Crippen LogP contribution in [0, 0.1) is 0 Å². The molecule has 2 aromatic carbocycles. The smallest absolute Gasteiger partial charge is 0.226 e. The second-order valence-electron chi connectivity index (χ2n) is 4.05. The lowest BCUT2D eigenvalue weighted by atomic mass is 10.3. The van der Waals surface area contributed by atoms with Crippen molar-refractivity contribution >= 4 is 42.7 Å². The number of aromatic nitrogens is 1. The van der Waals surface area contributed by atoms with E-state index in [-0.39, 0.29) is 9.24 Å². The number of sulfonamides is 1. The molecule has 21 heavy (non-hydrogen) atoms. The summed E-state index contributed by atoms with van der Waals surface area (Å²) in [6.07, 6.45) is 0. The van der Waals surface area contributed by atoms with E-state index in [1.165, 1.54) is 12.1 Å². The summed E-state index contributed by atoms with van der Waals surface area (Å²) in [5.41, 5.74) is 0.639. The Bertz CT molecular complexity index is 888. The van der Waals surface area contributed by atoms with Crippen molar-refractivity contribution in [2.45, 2.75) is 9.24 Å². The Balaban J connectivity index is 2.03. The van der Waals surface area contributed by atoms with Crippen LogP contribution >= 0.6 is 11.3 Å². The van der Waals surface area contributed by atoms with Crippen molar-refractivity contribution in [1.29, 1.82) is 0 Å². The van der Waals surface area contributed by atoms with Gasteiger partial charge >= 0.3 is 0 Å². The summed E-state index contributed by atoms with van der Waals surface area (Å²) >= 11 is -1.18. The van der Waals surface area contributed by atoms with Crippen LogP contribution in [0.4, 0.5) is 3.89 Å². The van der Waals surface area contributed by atoms with E-state index in [0.717, 1.165) is 16.0 Å². The Labute approximate surface area is 127 Å². The lowest BCUT2D eigenvalue weighted by molar-refractivity contribution is 0.598. The van der Waals surface area contributed by atoms with Gasteiger partial charge in [-0.25, -0.2) is 4.98 Å². The Morgan fingerprint density at radius 1 is 1.05 bits per heavy atom. The Hall–Kier alpha value is -1.64. The van der Waals surface area contributed by atoms with Crippen molar-refractivity contribution in [2.24, 2.45) is 3.77 Å². The van der Waals surface area contributed by atoms with Gasteiger partial charge in [0.1, 0.15) is 0 Å². The molecule has 0 bridgehead atoms. The van der Waals surface area contributed by atoms with Crippen molar-refractivity contribution in [2.75, 3.05) is 0 Å². The second-order valence-corrected chi connectivity index (χ2v) is 8.22. The number of para-hydroxylation sites is 1. The van der Waals surface area contributed by atoms with Gasteiger partial charge in [-0.05, 0) is 24.3 Å². The van der Waals surface area contributed by atoms with Crippen LogP contribution in [0.25, 0.3) is 10.2 Å². The number of nitrogens with zero attached hydrogens (tertiary/aromatic N) is 2. The van der Waals surface area contributed by atoms with Gasteiger partial charge in [-0.2, -0.15) is 8.42 Å². The Kier molecular flexibility index (Phi) is 3.83. The summed E-state index contributed by atoms with van der Waals surface area (Å²) < 4.78 is 42.4. The van der Waals surface area contributed by atoms with Crippen molar-refractivity contribution in [1.82, 2.24) is 4.98 Å². The standard InChI is InChI=1S/C13H9FN2O2S3/c14-20(13-15-11-8-4-5-9-12(11)19-13)16-21(17,18)10-6-2-1-3-7-10/h1-9H. The van der Waals surface area contributed by atoms with E-state index in [4.69, 9.17) is 0 Å². The molecule has 108 valence electrons. The molecule has 1 unspecified atom stereocenters. The molecule has 8 heteroatoms. The predicted molar refractivity (Wildman–Crippen MR) is 82.4 cm³/mol. The molecule has 3 aromatic rings. The third-order valence-corrected chi connectivity index (χ3v) is 6.67. The highest BCUT2D eigenvalue weighted by Gasteiger charge is 2.16. The predicted octanol–water partition coefficient (Wildman–Crippen LogP) is 3.73. The van der Waals surface area contributed by atoms with Crippen LogP contribution in [0.2, 0.25) is 0 Å². The second kappa shape index (κ2) is 5.63. The zero-order valence-corrected chi connectivity index (χ0v) is 13.0. The lowest BCUT2D eigenvalue weighted by Gasteiger charge is -1.97. The summed E-state index contributed by atoms with van der Waals surface area (Å²) in [6, 6.07) is 14.7. The third kappa shape index (κ3) is 3.02. The van der Waals surface area contributed by atoms with Gasteiger partial charge in [-0.3, -0.25) is 0 Å². The summed E-state index contributed by atoms with van der Waals surface area (Å²) in [5, 5.41) is 0. The molecule has 4 nitrogen and oxygen atoms in total. The molecule has 0 aliphatic carbocycles. The highest BCUT2D eigenvalue weighted by molar-refractivity contribution is 7.99. The number of hydrogen-bond donors (Lipinski definition) is 0. The molecule has 1 heterocycles. The minimum absolute atomic E-state index is 0.0266. The van der Waals surface area contributed by atoms with E-state index in [1.54, 1.807) is 36.4 Å². The molecule has 0 amide bonds. The van der Waals surface area contributed by atoms with Gasteiger partial charge in [-0.15, -0.1) is 15.2 Å². The number of hydrogen-bond acceptors (Lipinski definition) is 4. The van der Waals surface area contributed by atoms with Gasteiger partial charge in [0.05, 0.1) is 15.1 Å². The summed E-state index contributed by atoms with van der Waals surface area (Å²) in [4.78, 5) is 4.06. The van der Waals surface area contributed by atoms with E-state index in [0.29, 0.717) is 5.52 Å². The zero-order chi connectivity index (χ0) is 14.9. The lowest BCUT2D eigenvalue weighted by Crippen LogP contribution is -1.97. The van der Waals surface area contributed by atoms with Crippen LogP contribution in [0.3, 0.4) is 0 Å². The van der Waals surface area contributed by atoms with Gasteiger partial charge < -0.3 is 0 Å². The maximum atomic E-state index is 14.2. The maximum absolute atomic E-state index is 14.2. The monoisotopic (exact) mass is 340 g/mol. The molecule has 0 aliphatic heterocycles. The number of thiazole rings is 1. The van der Waals surface area contributed by atoms with Gasteiger partial charge in [0, 0.05) is 0 Å². The summed E-state index contributed by atoms with van der Waals surface area (Å²) in [7, 11) is -4.02. The minimum Gasteiger partial charge on any atom is -0.226 e. The number of fused-ring (bicyclic) bond motifs is 1. The van der Waals surface area contributed by atoms with E-state index in [1.807, 2.05) is 6.07 Å². The van der Waals surface area contributed by atoms with Gasteiger partial charge in [0.15, 0.2) is 15.4 Å². The molecule has 1 aromatic heterocycles. The fraction of sp³-hybridized carbons (Fsp3) is 0. The van der Waals surface area contributed by atoms with Gasteiger partial charge in [0.25, 0.3) is 10.0 Å². The first kappa shape index (κ1) is 14.3. The molecule has 0 spiro atoms. The highest BCUT2D eigenvalue weighted by atomic mass is 32.3. The van der Waals surface area contributed by atoms with E-state index in [9.17, 15) is 12.3 Å². The van der Waals surface area contributed by atoms with Crippen LogP contribution < -0.4 is 0 Å². The average molecular weight is 340 g/mol. The number of halogens is 1. The first-order chi connectivity index (χ1) is 10.1. The van der Waals surface area contributed by atoms with Crippen molar-refractivity contribution < 1.29 is 12.3 Å². The quantitative estimate of drug-likeness (QED) is 0.730. The van der Waals surface area contributed by atoms with Crippen LogP contribution in [-0.2, 0) is 21.1 Å². The number of rotatable bonds is 3. The average Bonchev–Trinajstić information content (AvgIpc) is 2.92. The van der Waals surface area contributed by atoms with E-state index < -0.39 is 21.1 Å². The van der Waals surface area contributed by atoms with Gasteiger partial charge in [0.2, 0.25) is 0 Å². The normalized spacial score (nSPS) is 13.6. The molecule has 0 saturated heterocycles. The van der Waals surface area contributed by atoms with Crippen molar-refractivity contribution in [3.63, 3.8) is 0 Å². The van der Waals surface area contributed by atoms with Crippen molar-refractivity contribution in [3.05, 3.63) is 54.6 Å². The molecule has 0 fully saturated rings. The van der Waals surface area contributed by atoms with Crippen LogP contribution in [-0.4, -0.2) is 13.4 Å². The first-order valence-electron chi connectivity index (χ1n) is 5.85. The van der Waals surface area contributed by atoms with Gasteiger partial charge in [-0.1, -0.05) is 34.1 Å². The fourth-order valence-corrected chi connectivity index (χ4v) is 5.16. The number of benzene rings is 2. The molecule has 0 aliphatic rings. The SMILES string of the molecule is O=S(=O)(N=S(F)c1nc2ccccc2s1)c1ccccc1. The van der Waals surface area contributed by atoms with Crippen LogP contribution in [0.15, 0.2) is 67.6 Å². The molecule has 3 rings (SSSR count). The highest BCUT2D eigenvalue weighted by Crippen LogP contribution is 2.26. The minimum atomic E-state index is -4.02. The first-order valence-corrected chi connectivity index (χ1v) is 9.19.